The van der Waals surface area contributed by atoms with Gasteiger partial charge in [0.25, 0.3) is 0 Å². The highest BCUT2D eigenvalue weighted by Crippen LogP contribution is 2.28. The average Bonchev–Trinajstić information content (AvgIpc) is 2.91. The molecule has 2 heterocycles. The number of hydrogen-bond donors (Lipinski definition) is 1. The second-order valence-electron chi connectivity index (χ2n) is 5.38. The first-order valence-electron chi connectivity index (χ1n) is 7.44. The Morgan fingerprint density at radius 2 is 2.16 bits per heavy atom. The van der Waals surface area contributed by atoms with Gasteiger partial charge in [0.1, 0.15) is 0 Å². The van der Waals surface area contributed by atoms with Crippen molar-refractivity contribution in [3.63, 3.8) is 0 Å². The van der Waals surface area contributed by atoms with Crippen molar-refractivity contribution in [3.8, 4) is 0 Å². The van der Waals surface area contributed by atoms with E-state index in [1.165, 1.54) is 47.4 Å². The van der Waals surface area contributed by atoms with E-state index in [4.69, 9.17) is 0 Å². The van der Waals surface area contributed by atoms with Crippen LogP contribution in [0.1, 0.15) is 49.3 Å². The van der Waals surface area contributed by atoms with E-state index in [0.29, 0.717) is 12.1 Å². The van der Waals surface area contributed by atoms with Gasteiger partial charge in [-0.1, -0.05) is 44.9 Å². The van der Waals surface area contributed by atoms with Crippen molar-refractivity contribution in [1.82, 2.24) is 5.32 Å². The largest absolute Gasteiger partial charge is 0.305 e. The van der Waals surface area contributed by atoms with Crippen LogP contribution in [0.2, 0.25) is 0 Å². The van der Waals surface area contributed by atoms with E-state index >= 15 is 0 Å². The third-order valence-corrected chi connectivity index (χ3v) is 4.88. The first kappa shape index (κ1) is 14.5. The minimum Gasteiger partial charge on any atom is -0.305 e. The van der Waals surface area contributed by atoms with Gasteiger partial charge in [0.2, 0.25) is 0 Å². The number of thiophene rings is 1. The van der Waals surface area contributed by atoms with Crippen LogP contribution in [0, 0.1) is 0 Å². The number of allylic oxidation sites excluding steroid dienone is 2. The monoisotopic (exact) mass is 275 g/mol. The van der Waals surface area contributed by atoms with Crippen molar-refractivity contribution in [2.24, 2.45) is 0 Å². The summed E-state index contributed by atoms with van der Waals surface area (Å²) in [6.07, 6.45) is 10.9. The van der Waals surface area contributed by atoms with E-state index < -0.39 is 0 Å². The minimum absolute atomic E-state index is 0.545. The molecule has 0 bridgehead atoms. The van der Waals surface area contributed by atoms with Gasteiger partial charge in [0, 0.05) is 21.8 Å². The van der Waals surface area contributed by atoms with E-state index in [1.54, 1.807) is 0 Å². The third kappa shape index (κ3) is 4.32. The zero-order valence-corrected chi connectivity index (χ0v) is 12.9. The van der Waals surface area contributed by atoms with Crippen molar-refractivity contribution < 1.29 is 0 Å². The van der Waals surface area contributed by atoms with E-state index in [0.717, 1.165) is 0 Å². The van der Waals surface area contributed by atoms with Crippen molar-refractivity contribution in [1.29, 1.82) is 0 Å². The van der Waals surface area contributed by atoms with Gasteiger partial charge >= 0.3 is 0 Å². The highest BCUT2D eigenvalue weighted by Gasteiger charge is 2.29. The van der Waals surface area contributed by atoms with Crippen molar-refractivity contribution in [2.45, 2.75) is 58.0 Å². The van der Waals surface area contributed by atoms with Crippen LogP contribution in [0.4, 0.5) is 0 Å². The van der Waals surface area contributed by atoms with Crippen LogP contribution in [-0.4, -0.2) is 12.1 Å². The molecule has 1 aliphatic rings. The maximum atomic E-state index is 3.95. The van der Waals surface area contributed by atoms with Gasteiger partial charge < -0.3 is 5.32 Å². The molecule has 2 rings (SSSR count). The first-order valence-corrected chi connectivity index (χ1v) is 8.25. The van der Waals surface area contributed by atoms with Crippen LogP contribution in [0.3, 0.4) is 0 Å². The van der Waals surface area contributed by atoms with Gasteiger partial charge in [-0.05, 0) is 37.5 Å². The summed E-state index contributed by atoms with van der Waals surface area (Å²) in [4.78, 5) is 2.87. The number of nitrogens with one attached hydrogen (secondary N) is 1. The molecule has 1 nitrogen and oxygen atoms in total. The van der Waals surface area contributed by atoms with Crippen LogP contribution < -0.4 is 5.32 Å². The summed E-state index contributed by atoms with van der Waals surface area (Å²) in [5.41, 5.74) is 1.28. The smallest absolute Gasteiger partial charge is 0.0414 e. The lowest BCUT2D eigenvalue weighted by molar-refractivity contribution is 0.670. The molecule has 1 aromatic rings. The molecule has 1 N–H and O–H groups in total. The fourth-order valence-electron chi connectivity index (χ4n) is 2.28. The number of hydrogen-bond acceptors (Lipinski definition) is 2. The SMILES string of the molecule is C=C/C(=C\C1NC1C)c1ccc(CCCCCC)s1. The van der Waals surface area contributed by atoms with E-state index in [2.05, 4.69) is 44.0 Å². The van der Waals surface area contributed by atoms with Gasteiger partial charge in [-0.3, -0.25) is 0 Å². The molecular formula is C17H25NS. The summed E-state index contributed by atoms with van der Waals surface area (Å²) in [5, 5.41) is 3.40. The quantitative estimate of drug-likeness (QED) is 0.411. The van der Waals surface area contributed by atoms with Crippen molar-refractivity contribution in [3.05, 3.63) is 40.6 Å². The molecule has 0 saturated carbocycles. The molecular weight excluding hydrogens is 250 g/mol. The summed E-state index contributed by atoms with van der Waals surface area (Å²) >= 11 is 1.93. The van der Waals surface area contributed by atoms with Gasteiger partial charge in [-0.25, -0.2) is 0 Å². The standard InChI is InChI=1S/C17H25NS/c1-4-6-7-8-9-15-10-11-17(19-15)14(5-2)12-16-13(3)18-16/h5,10-13,16,18H,2,4,6-9H2,1,3H3/b14-12+. The lowest BCUT2D eigenvalue weighted by Gasteiger charge is -1.98. The highest BCUT2D eigenvalue weighted by atomic mass is 32.1. The Labute approximate surface area is 121 Å². The normalized spacial score (nSPS) is 22.5. The molecule has 0 aliphatic carbocycles. The zero-order chi connectivity index (χ0) is 13.7. The molecule has 0 aromatic carbocycles. The van der Waals surface area contributed by atoms with E-state index in [9.17, 15) is 0 Å². The maximum Gasteiger partial charge on any atom is 0.0414 e. The van der Waals surface area contributed by atoms with Crippen LogP contribution in [0.5, 0.6) is 0 Å². The van der Waals surface area contributed by atoms with Gasteiger partial charge in [-0.15, -0.1) is 11.3 Å². The van der Waals surface area contributed by atoms with Gasteiger partial charge in [-0.2, -0.15) is 0 Å². The molecule has 0 amide bonds. The predicted octanol–water partition coefficient (Wildman–Crippen LogP) is 4.80. The molecule has 2 heteroatoms. The van der Waals surface area contributed by atoms with Gasteiger partial charge in [0.05, 0.1) is 0 Å². The fourth-order valence-corrected chi connectivity index (χ4v) is 3.35. The third-order valence-electron chi connectivity index (χ3n) is 3.69. The molecule has 1 fully saturated rings. The molecule has 0 radical (unpaired) electrons. The predicted molar refractivity (Wildman–Crippen MR) is 86.7 cm³/mol. The average molecular weight is 275 g/mol. The maximum absolute atomic E-state index is 3.95. The molecule has 0 spiro atoms. The summed E-state index contributed by atoms with van der Waals surface area (Å²) in [7, 11) is 0. The highest BCUT2D eigenvalue weighted by molar-refractivity contribution is 7.13. The van der Waals surface area contributed by atoms with Crippen LogP contribution in [-0.2, 0) is 6.42 Å². The molecule has 104 valence electrons. The van der Waals surface area contributed by atoms with Crippen LogP contribution in [0.15, 0.2) is 30.9 Å². The molecule has 19 heavy (non-hydrogen) atoms. The molecule has 1 saturated heterocycles. The van der Waals surface area contributed by atoms with Crippen molar-refractivity contribution in [2.75, 3.05) is 0 Å². The minimum atomic E-state index is 0.545. The Hall–Kier alpha value is -0.860. The number of rotatable bonds is 8. The molecule has 2 atom stereocenters. The van der Waals surface area contributed by atoms with E-state index in [1.807, 2.05) is 17.4 Å². The van der Waals surface area contributed by atoms with Crippen LogP contribution >= 0.6 is 11.3 Å². The Morgan fingerprint density at radius 1 is 1.37 bits per heavy atom. The summed E-state index contributed by atoms with van der Waals surface area (Å²) in [5.74, 6) is 0. The summed E-state index contributed by atoms with van der Waals surface area (Å²) in [6, 6.07) is 5.71. The fraction of sp³-hybridized carbons (Fsp3) is 0.529. The van der Waals surface area contributed by atoms with Crippen LogP contribution in [0.25, 0.3) is 5.57 Å². The topological polar surface area (TPSA) is 21.9 Å². The van der Waals surface area contributed by atoms with Crippen molar-refractivity contribution >= 4 is 16.9 Å². The summed E-state index contributed by atoms with van der Waals surface area (Å²) in [6.45, 7) is 8.43. The Balaban J connectivity index is 1.91. The second-order valence-corrected chi connectivity index (χ2v) is 6.55. The Kier molecular flexibility index (Phi) is 5.41. The molecule has 1 aliphatic heterocycles. The molecule has 2 unspecified atom stereocenters. The van der Waals surface area contributed by atoms with Gasteiger partial charge in [0.15, 0.2) is 0 Å². The first-order chi connectivity index (χ1) is 9.24. The lowest BCUT2D eigenvalue weighted by atomic mass is 10.1. The Morgan fingerprint density at radius 3 is 2.79 bits per heavy atom. The lowest BCUT2D eigenvalue weighted by Crippen LogP contribution is -1.86. The number of unbranched alkanes of at least 4 members (excludes halogenated alkanes) is 3. The Bertz CT molecular complexity index is 444. The van der Waals surface area contributed by atoms with E-state index in [-0.39, 0.29) is 0 Å². The zero-order valence-electron chi connectivity index (χ0n) is 12.1. The summed E-state index contributed by atoms with van der Waals surface area (Å²) < 4.78 is 0. The number of aryl methyl sites for hydroxylation is 1. The molecule has 1 aromatic heterocycles. The second kappa shape index (κ2) is 7.06.